The fourth-order valence-electron chi connectivity index (χ4n) is 1.93. The Kier molecular flexibility index (Phi) is 12.7. The summed E-state index contributed by atoms with van der Waals surface area (Å²) in [6.07, 6.45) is 1.14. The van der Waals surface area contributed by atoms with Crippen LogP contribution in [0, 0.1) is 0 Å². The SMILES string of the molecule is CN=C(NCCCC(=O)Nc1ccc(Cl)cc1)NC(C)COC.I. The maximum atomic E-state index is 11.8. The summed E-state index contributed by atoms with van der Waals surface area (Å²) >= 11 is 5.80. The first kappa shape index (κ1) is 22.9. The van der Waals surface area contributed by atoms with Crippen molar-refractivity contribution in [2.45, 2.75) is 25.8 Å². The van der Waals surface area contributed by atoms with E-state index in [-0.39, 0.29) is 35.9 Å². The second-order valence-electron chi connectivity index (χ2n) is 5.16. The number of nitrogens with zero attached hydrogens (tertiary/aromatic N) is 1. The molecule has 3 N–H and O–H groups in total. The summed E-state index contributed by atoms with van der Waals surface area (Å²) in [5.74, 6) is 0.678. The van der Waals surface area contributed by atoms with E-state index in [4.69, 9.17) is 16.3 Å². The zero-order valence-corrected chi connectivity index (χ0v) is 17.4. The van der Waals surface area contributed by atoms with Gasteiger partial charge in [-0.25, -0.2) is 0 Å². The van der Waals surface area contributed by atoms with E-state index in [9.17, 15) is 4.79 Å². The molecular weight excluding hydrogens is 443 g/mol. The zero-order chi connectivity index (χ0) is 17.1. The van der Waals surface area contributed by atoms with Gasteiger partial charge in [-0.05, 0) is 37.6 Å². The fourth-order valence-corrected chi connectivity index (χ4v) is 2.06. The summed E-state index contributed by atoms with van der Waals surface area (Å²) < 4.78 is 5.06. The Hall–Kier alpha value is -1.06. The number of carbonyl (C=O) groups excluding carboxylic acids is 1. The van der Waals surface area contributed by atoms with Crippen molar-refractivity contribution in [3.05, 3.63) is 29.3 Å². The number of benzene rings is 1. The third-order valence-electron chi connectivity index (χ3n) is 3.02. The lowest BCUT2D eigenvalue weighted by Gasteiger charge is -2.17. The molecule has 1 rings (SSSR count). The van der Waals surface area contributed by atoms with Crippen molar-refractivity contribution in [3.8, 4) is 0 Å². The van der Waals surface area contributed by atoms with Crippen LogP contribution in [0.25, 0.3) is 0 Å². The number of guanidine groups is 1. The number of methoxy groups -OCH3 is 1. The molecule has 0 spiro atoms. The quantitative estimate of drug-likeness (QED) is 0.237. The van der Waals surface area contributed by atoms with Gasteiger partial charge in [-0.1, -0.05) is 11.6 Å². The van der Waals surface area contributed by atoms with Crippen molar-refractivity contribution < 1.29 is 9.53 Å². The summed E-state index contributed by atoms with van der Waals surface area (Å²) in [4.78, 5) is 16.0. The molecule has 0 aromatic heterocycles. The number of nitrogens with one attached hydrogen (secondary N) is 3. The zero-order valence-electron chi connectivity index (χ0n) is 14.3. The Morgan fingerprint density at radius 1 is 1.33 bits per heavy atom. The van der Waals surface area contributed by atoms with Crippen LogP contribution in [0.1, 0.15) is 19.8 Å². The molecule has 136 valence electrons. The van der Waals surface area contributed by atoms with E-state index >= 15 is 0 Å². The van der Waals surface area contributed by atoms with E-state index in [1.807, 2.05) is 6.92 Å². The molecule has 8 heteroatoms. The van der Waals surface area contributed by atoms with Crippen LogP contribution in [-0.2, 0) is 9.53 Å². The molecule has 1 aromatic rings. The number of halogens is 2. The number of hydrogen-bond donors (Lipinski definition) is 3. The minimum absolute atomic E-state index is 0. The molecule has 0 fully saturated rings. The summed E-state index contributed by atoms with van der Waals surface area (Å²) in [6, 6.07) is 7.22. The number of amides is 1. The van der Waals surface area contributed by atoms with Crippen LogP contribution in [0.2, 0.25) is 5.02 Å². The van der Waals surface area contributed by atoms with Crippen LogP contribution < -0.4 is 16.0 Å². The predicted octanol–water partition coefficient (Wildman–Crippen LogP) is 2.88. The largest absolute Gasteiger partial charge is 0.383 e. The molecule has 1 unspecified atom stereocenters. The van der Waals surface area contributed by atoms with Gasteiger partial charge in [-0.15, -0.1) is 24.0 Å². The molecular formula is C16H26ClIN4O2. The van der Waals surface area contributed by atoms with Crippen LogP contribution in [-0.4, -0.2) is 45.2 Å². The Labute approximate surface area is 165 Å². The number of anilines is 1. The number of aliphatic imine (C=N–C) groups is 1. The summed E-state index contributed by atoms with van der Waals surface area (Å²) in [6.45, 7) is 3.27. The van der Waals surface area contributed by atoms with Gasteiger partial charge >= 0.3 is 0 Å². The average molecular weight is 469 g/mol. The van der Waals surface area contributed by atoms with Crippen molar-refractivity contribution in [2.24, 2.45) is 4.99 Å². The highest BCUT2D eigenvalue weighted by Gasteiger charge is 2.05. The first-order valence-corrected chi connectivity index (χ1v) is 7.94. The first-order valence-electron chi connectivity index (χ1n) is 7.56. The van der Waals surface area contributed by atoms with Gasteiger partial charge in [0.05, 0.1) is 6.61 Å². The van der Waals surface area contributed by atoms with Crippen molar-refractivity contribution >= 4 is 53.1 Å². The maximum absolute atomic E-state index is 11.8. The summed E-state index contributed by atoms with van der Waals surface area (Å²) in [7, 11) is 3.37. The van der Waals surface area contributed by atoms with E-state index < -0.39 is 0 Å². The Balaban J connectivity index is 0.00000529. The average Bonchev–Trinajstić information content (AvgIpc) is 2.52. The highest BCUT2D eigenvalue weighted by Crippen LogP contribution is 2.13. The van der Waals surface area contributed by atoms with Crippen molar-refractivity contribution in [1.82, 2.24) is 10.6 Å². The number of hydrogen-bond acceptors (Lipinski definition) is 3. The molecule has 1 amide bonds. The Bertz CT molecular complexity index is 511. The molecule has 0 aliphatic carbocycles. The molecule has 0 bridgehead atoms. The number of ether oxygens (including phenoxy) is 1. The second kappa shape index (κ2) is 13.3. The first-order chi connectivity index (χ1) is 11.0. The van der Waals surface area contributed by atoms with Crippen molar-refractivity contribution in [1.29, 1.82) is 0 Å². The molecule has 1 atom stereocenters. The van der Waals surface area contributed by atoms with Gasteiger partial charge in [0.1, 0.15) is 0 Å². The fraction of sp³-hybridized carbons (Fsp3) is 0.500. The van der Waals surface area contributed by atoms with Crippen LogP contribution in [0.3, 0.4) is 0 Å². The van der Waals surface area contributed by atoms with Gasteiger partial charge < -0.3 is 20.7 Å². The Morgan fingerprint density at radius 2 is 2.00 bits per heavy atom. The third-order valence-corrected chi connectivity index (χ3v) is 3.28. The number of carbonyl (C=O) groups is 1. The van der Waals surface area contributed by atoms with Gasteiger partial charge in [0.25, 0.3) is 0 Å². The van der Waals surface area contributed by atoms with Gasteiger partial charge in [0.15, 0.2) is 5.96 Å². The van der Waals surface area contributed by atoms with Crippen LogP contribution in [0.4, 0.5) is 5.69 Å². The lowest BCUT2D eigenvalue weighted by Crippen LogP contribution is -2.44. The minimum Gasteiger partial charge on any atom is -0.383 e. The van der Waals surface area contributed by atoms with Gasteiger partial charge in [-0.3, -0.25) is 9.79 Å². The van der Waals surface area contributed by atoms with Crippen LogP contribution in [0.5, 0.6) is 0 Å². The molecule has 0 saturated heterocycles. The molecule has 6 nitrogen and oxygen atoms in total. The van der Waals surface area contributed by atoms with E-state index in [0.29, 0.717) is 37.0 Å². The third kappa shape index (κ3) is 9.94. The summed E-state index contributed by atoms with van der Waals surface area (Å²) in [5, 5.41) is 9.85. The lowest BCUT2D eigenvalue weighted by molar-refractivity contribution is -0.116. The van der Waals surface area contributed by atoms with Gasteiger partial charge in [-0.2, -0.15) is 0 Å². The topological polar surface area (TPSA) is 74.8 Å². The molecule has 24 heavy (non-hydrogen) atoms. The molecule has 1 aromatic carbocycles. The van der Waals surface area contributed by atoms with Crippen molar-refractivity contribution in [3.63, 3.8) is 0 Å². The highest BCUT2D eigenvalue weighted by atomic mass is 127. The smallest absolute Gasteiger partial charge is 0.224 e. The number of rotatable bonds is 8. The van der Waals surface area contributed by atoms with Gasteiger partial charge in [0.2, 0.25) is 5.91 Å². The van der Waals surface area contributed by atoms with Crippen LogP contribution >= 0.6 is 35.6 Å². The van der Waals surface area contributed by atoms with E-state index in [1.165, 1.54) is 0 Å². The van der Waals surface area contributed by atoms with Crippen molar-refractivity contribution in [2.75, 3.05) is 32.6 Å². The maximum Gasteiger partial charge on any atom is 0.224 e. The molecule has 0 radical (unpaired) electrons. The molecule has 0 aliphatic heterocycles. The standard InChI is InChI=1S/C16H25ClN4O2.HI/c1-12(11-23-3)20-16(18-2)19-10-4-5-15(22)21-14-8-6-13(17)7-9-14;/h6-9,12H,4-5,10-11H2,1-3H3,(H,21,22)(H2,18,19,20);1H. The molecule has 0 heterocycles. The second-order valence-corrected chi connectivity index (χ2v) is 5.59. The predicted molar refractivity (Wildman–Crippen MR) is 111 cm³/mol. The summed E-state index contributed by atoms with van der Waals surface area (Å²) in [5.41, 5.74) is 0.748. The molecule has 0 aliphatic rings. The van der Waals surface area contributed by atoms with E-state index in [1.54, 1.807) is 38.4 Å². The van der Waals surface area contributed by atoms with E-state index in [0.717, 1.165) is 5.69 Å². The monoisotopic (exact) mass is 468 g/mol. The van der Waals surface area contributed by atoms with Crippen LogP contribution in [0.15, 0.2) is 29.3 Å². The lowest BCUT2D eigenvalue weighted by atomic mass is 10.2. The minimum atomic E-state index is -0.0233. The molecule has 0 saturated carbocycles. The highest BCUT2D eigenvalue weighted by molar-refractivity contribution is 14.0. The van der Waals surface area contributed by atoms with E-state index in [2.05, 4.69) is 20.9 Å². The van der Waals surface area contributed by atoms with Gasteiger partial charge in [0, 0.05) is 43.9 Å². The Morgan fingerprint density at radius 3 is 2.58 bits per heavy atom. The normalized spacial score (nSPS) is 12.1.